The molecule has 5 rings (SSSR count). The first-order valence-electron chi connectivity index (χ1n) is 20.0. The van der Waals surface area contributed by atoms with Gasteiger partial charge in [0.15, 0.2) is 0 Å². The lowest BCUT2D eigenvalue weighted by Crippen LogP contribution is -2.02. The Morgan fingerprint density at radius 3 is 1.56 bits per heavy atom. The number of hydrogen-bond donors (Lipinski definition) is 0. The van der Waals surface area contributed by atoms with Gasteiger partial charge in [0.25, 0.3) is 0 Å². The minimum absolute atomic E-state index is 0.787. The van der Waals surface area contributed by atoms with Crippen molar-refractivity contribution in [3.05, 3.63) is 69.6 Å². The van der Waals surface area contributed by atoms with Crippen LogP contribution in [0.15, 0.2) is 69.6 Å². The Hall–Kier alpha value is -2.37. The molecule has 0 aliphatic carbocycles. The number of hydrogen-bond acceptors (Lipinski definition) is 2. The molecule has 0 radical (unpaired) electrons. The number of ether oxygens (including phenoxy) is 1. The monoisotopic (exact) mass is 802 g/mol. The number of imidazole rings is 1. The minimum atomic E-state index is 0.787. The molecule has 1 heterocycles. The molecular formula is C45H60Br2N2O. The molecule has 50 heavy (non-hydrogen) atoms. The Morgan fingerprint density at radius 1 is 0.520 bits per heavy atom. The van der Waals surface area contributed by atoms with Crippen LogP contribution in [-0.4, -0.2) is 16.2 Å². The molecule has 0 amide bonds. The van der Waals surface area contributed by atoms with E-state index in [0.29, 0.717) is 0 Å². The first-order valence-corrected chi connectivity index (χ1v) is 21.6. The fourth-order valence-corrected chi connectivity index (χ4v) is 8.21. The predicted molar refractivity (Wildman–Crippen MR) is 225 cm³/mol. The standard InChI is InChI=1S/C45H60Br2N2O/c1-3-5-7-9-11-13-15-17-19-21-31-49-44-42-34-37(47)26-30-40(42)39-29-25-36(46)33-41(39)43(44)48-45(49)35-23-27-38(28-24-35)50-32-22-20-18-16-14-12-10-8-6-4-2/h23-30,33-34H,3-22,31-32H2,1-2H3. The number of unbranched alkanes of at least 4 members (excludes halogenated alkanes) is 18. The average Bonchev–Trinajstić information content (AvgIpc) is 3.51. The molecule has 0 spiro atoms. The number of aromatic nitrogens is 2. The van der Waals surface area contributed by atoms with Crippen molar-refractivity contribution in [2.75, 3.05) is 6.61 Å². The van der Waals surface area contributed by atoms with Crippen LogP contribution in [0, 0.1) is 0 Å². The Bertz CT molecular complexity index is 1740. The third-order valence-corrected chi connectivity index (χ3v) is 11.3. The molecule has 3 nitrogen and oxygen atoms in total. The molecule has 5 heteroatoms. The molecular weight excluding hydrogens is 744 g/mol. The van der Waals surface area contributed by atoms with E-state index in [9.17, 15) is 0 Å². The van der Waals surface area contributed by atoms with Crippen LogP contribution in [0.5, 0.6) is 5.75 Å². The number of nitrogens with zero attached hydrogens (tertiary/aromatic N) is 2. The van der Waals surface area contributed by atoms with Crippen molar-refractivity contribution < 1.29 is 4.74 Å². The van der Waals surface area contributed by atoms with Crippen LogP contribution in [0.3, 0.4) is 0 Å². The molecule has 5 aromatic rings. The second-order valence-corrected chi connectivity index (χ2v) is 16.2. The molecule has 1 aromatic heterocycles. The van der Waals surface area contributed by atoms with Crippen LogP contribution in [0.1, 0.15) is 142 Å². The Kier molecular flexibility index (Phi) is 16.5. The molecule has 0 saturated heterocycles. The van der Waals surface area contributed by atoms with E-state index in [4.69, 9.17) is 9.72 Å². The lowest BCUT2D eigenvalue weighted by atomic mass is 10.00. The zero-order valence-corrected chi connectivity index (χ0v) is 34.1. The third kappa shape index (κ3) is 11.1. The summed E-state index contributed by atoms with van der Waals surface area (Å²) >= 11 is 7.54. The second kappa shape index (κ2) is 21.2. The largest absolute Gasteiger partial charge is 0.494 e. The molecule has 0 unspecified atom stereocenters. The summed E-state index contributed by atoms with van der Waals surface area (Å²) in [7, 11) is 0. The second-order valence-electron chi connectivity index (χ2n) is 14.4. The molecule has 0 atom stereocenters. The van der Waals surface area contributed by atoms with Crippen LogP contribution in [0.2, 0.25) is 0 Å². The molecule has 0 saturated carbocycles. The van der Waals surface area contributed by atoms with Gasteiger partial charge in [-0.1, -0.05) is 173 Å². The SMILES string of the molecule is CCCCCCCCCCCCOc1ccc(-c2nc3c4cc(Br)ccc4c4ccc(Br)cc4c3n2CCCCCCCCCCCC)cc1. The summed E-state index contributed by atoms with van der Waals surface area (Å²) in [6.07, 6.45) is 26.7. The summed E-state index contributed by atoms with van der Waals surface area (Å²) in [6.45, 7) is 6.33. The Morgan fingerprint density at radius 2 is 1.00 bits per heavy atom. The van der Waals surface area contributed by atoms with Crippen LogP contribution < -0.4 is 4.74 Å². The van der Waals surface area contributed by atoms with Gasteiger partial charge in [-0.2, -0.15) is 0 Å². The molecule has 0 bridgehead atoms. The lowest BCUT2D eigenvalue weighted by molar-refractivity contribution is 0.304. The Labute approximate surface area is 319 Å². The first-order chi connectivity index (χ1) is 24.6. The highest BCUT2D eigenvalue weighted by atomic mass is 79.9. The topological polar surface area (TPSA) is 27.1 Å². The van der Waals surface area contributed by atoms with Gasteiger partial charge in [0.1, 0.15) is 11.6 Å². The first kappa shape index (κ1) is 38.9. The van der Waals surface area contributed by atoms with Gasteiger partial charge in [-0.05, 0) is 72.1 Å². The molecule has 0 N–H and O–H groups in total. The number of halogens is 2. The maximum absolute atomic E-state index is 6.20. The van der Waals surface area contributed by atoms with E-state index in [1.54, 1.807) is 0 Å². The van der Waals surface area contributed by atoms with E-state index >= 15 is 0 Å². The van der Waals surface area contributed by atoms with Crippen molar-refractivity contribution in [1.29, 1.82) is 0 Å². The lowest BCUT2D eigenvalue weighted by Gasteiger charge is -2.13. The van der Waals surface area contributed by atoms with E-state index < -0.39 is 0 Å². The smallest absolute Gasteiger partial charge is 0.141 e. The molecule has 270 valence electrons. The number of rotatable bonds is 24. The normalized spacial score (nSPS) is 11.8. The summed E-state index contributed by atoms with van der Waals surface area (Å²) < 4.78 is 10.9. The van der Waals surface area contributed by atoms with Crippen LogP contribution in [0.25, 0.3) is 44.0 Å². The highest BCUT2D eigenvalue weighted by Gasteiger charge is 2.19. The van der Waals surface area contributed by atoms with Crippen LogP contribution >= 0.6 is 31.9 Å². The summed E-state index contributed by atoms with van der Waals surface area (Å²) in [5.74, 6) is 2.00. The van der Waals surface area contributed by atoms with Gasteiger partial charge in [0, 0.05) is 31.8 Å². The maximum atomic E-state index is 6.20. The van der Waals surface area contributed by atoms with E-state index in [0.717, 1.165) is 57.6 Å². The number of benzene rings is 4. The summed E-state index contributed by atoms with van der Waals surface area (Å²) in [6, 6.07) is 22.0. The fourth-order valence-electron chi connectivity index (χ4n) is 7.48. The van der Waals surface area contributed by atoms with Crippen molar-refractivity contribution in [2.45, 2.75) is 149 Å². The van der Waals surface area contributed by atoms with Crippen molar-refractivity contribution in [3.8, 4) is 17.1 Å². The molecule has 0 fully saturated rings. The van der Waals surface area contributed by atoms with Gasteiger partial charge in [0.2, 0.25) is 0 Å². The van der Waals surface area contributed by atoms with Gasteiger partial charge in [-0.25, -0.2) is 4.98 Å². The Balaban J connectivity index is 1.29. The van der Waals surface area contributed by atoms with E-state index in [2.05, 4.69) is 111 Å². The van der Waals surface area contributed by atoms with Crippen molar-refractivity contribution in [2.24, 2.45) is 0 Å². The van der Waals surface area contributed by atoms with E-state index in [1.165, 1.54) is 143 Å². The van der Waals surface area contributed by atoms with E-state index in [1.807, 2.05) is 0 Å². The van der Waals surface area contributed by atoms with Gasteiger partial charge in [-0.15, -0.1) is 0 Å². The highest BCUT2D eigenvalue weighted by Crippen LogP contribution is 2.40. The summed E-state index contributed by atoms with van der Waals surface area (Å²) in [4.78, 5) is 5.44. The fraction of sp³-hybridized carbons (Fsp3) is 0.533. The van der Waals surface area contributed by atoms with Crippen molar-refractivity contribution in [1.82, 2.24) is 9.55 Å². The number of fused-ring (bicyclic) bond motifs is 6. The maximum Gasteiger partial charge on any atom is 0.141 e. The quantitative estimate of drug-likeness (QED) is 0.0459. The van der Waals surface area contributed by atoms with Gasteiger partial charge < -0.3 is 9.30 Å². The third-order valence-electron chi connectivity index (χ3n) is 10.3. The van der Waals surface area contributed by atoms with E-state index in [-0.39, 0.29) is 0 Å². The van der Waals surface area contributed by atoms with Crippen molar-refractivity contribution >= 4 is 64.4 Å². The van der Waals surface area contributed by atoms with Crippen LogP contribution in [-0.2, 0) is 6.54 Å². The predicted octanol–water partition coefficient (Wildman–Crippen LogP) is 15.8. The summed E-state index contributed by atoms with van der Waals surface area (Å²) in [5, 5.41) is 4.97. The minimum Gasteiger partial charge on any atom is -0.494 e. The zero-order valence-electron chi connectivity index (χ0n) is 30.9. The molecule has 0 aliphatic heterocycles. The molecule has 4 aromatic carbocycles. The van der Waals surface area contributed by atoms with Crippen molar-refractivity contribution in [3.63, 3.8) is 0 Å². The zero-order chi connectivity index (χ0) is 35.0. The molecule has 0 aliphatic rings. The highest BCUT2D eigenvalue weighted by molar-refractivity contribution is 9.10. The number of aryl methyl sites for hydroxylation is 1. The summed E-state index contributed by atoms with van der Waals surface area (Å²) in [5.41, 5.74) is 3.46. The average molecular weight is 805 g/mol. The van der Waals surface area contributed by atoms with Gasteiger partial charge in [-0.3, -0.25) is 0 Å². The van der Waals surface area contributed by atoms with Gasteiger partial charge in [0.05, 0.1) is 17.6 Å². The van der Waals surface area contributed by atoms with Gasteiger partial charge >= 0.3 is 0 Å². The van der Waals surface area contributed by atoms with Crippen LogP contribution in [0.4, 0.5) is 0 Å².